The molecule has 2 atom stereocenters. The Morgan fingerprint density at radius 3 is 1.44 bits per heavy atom. The minimum absolute atomic E-state index is 0.271. The summed E-state index contributed by atoms with van der Waals surface area (Å²) in [6.07, 6.45) is 5.69. The average Bonchev–Trinajstić information content (AvgIpc) is 2.60. The van der Waals surface area contributed by atoms with Crippen LogP contribution in [0.1, 0.15) is 79.1 Å². The molecular weight excluding hydrogens is 328 g/mol. The van der Waals surface area contributed by atoms with Gasteiger partial charge in [0.25, 0.3) is 0 Å². The molecule has 7 heteroatoms. The molecule has 0 aliphatic carbocycles. The van der Waals surface area contributed by atoms with Crippen LogP contribution < -0.4 is 0 Å². The van der Waals surface area contributed by atoms with Crippen LogP contribution in [0.2, 0.25) is 0 Å². The Morgan fingerprint density at radius 1 is 0.720 bits per heavy atom. The predicted octanol–water partition coefficient (Wildman–Crippen LogP) is 5.57. The highest BCUT2D eigenvalue weighted by Gasteiger charge is 2.17. The fraction of sp³-hybridized carbons (Fsp3) is 0.889. The lowest BCUT2D eigenvalue weighted by Gasteiger charge is -2.13. The van der Waals surface area contributed by atoms with E-state index in [0.29, 0.717) is 11.8 Å². The molecular formula is C18H34O7. The summed E-state index contributed by atoms with van der Waals surface area (Å²) in [6, 6.07) is 0. The van der Waals surface area contributed by atoms with Gasteiger partial charge in [-0.3, -0.25) is 9.78 Å². The maximum Gasteiger partial charge on any atom is 0.550 e. The van der Waals surface area contributed by atoms with Crippen molar-refractivity contribution < 1.29 is 33.9 Å². The first-order valence-electron chi connectivity index (χ1n) is 9.41. The summed E-state index contributed by atoms with van der Waals surface area (Å²) in [4.78, 5) is 41.1. The van der Waals surface area contributed by atoms with Gasteiger partial charge in [-0.05, 0) is 24.7 Å². The van der Waals surface area contributed by atoms with E-state index in [1.807, 2.05) is 13.8 Å². The lowest BCUT2D eigenvalue weighted by Crippen LogP contribution is -2.19. The van der Waals surface area contributed by atoms with Crippen molar-refractivity contribution in [1.82, 2.24) is 0 Å². The number of hydrogen-bond donors (Lipinski definition) is 0. The molecule has 0 aromatic heterocycles. The molecule has 0 aromatic rings. The van der Waals surface area contributed by atoms with Gasteiger partial charge in [-0.2, -0.15) is 9.78 Å². The first kappa shape index (κ1) is 23.7. The third kappa shape index (κ3) is 13.6. The number of ether oxygens (including phenoxy) is 1. The van der Waals surface area contributed by atoms with Gasteiger partial charge in [0.05, 0.1) is 13.2 Å². The van der Waals surface area contributed by atoms with Crippen LogP contribution in [0.25, 0.3) is 0 Å². The maximum atomic E-state index is 11.3. The van der Waals surface area contributed by atoms with Crippen LogP contribution in [-0.2, 0) is 24.3 Å². The Balaban J connectivity index is 3.81. The van der Waals surface area contributed by atoms with Crippen molar-refractivity contribution in [2.75, 3.05) is 13.2 Å². The van der Waals surface area contributed by atoms with Gasteiger partial charge in [-0.15, -0.1) is 0 Å². The van der Waals surface area contributed by atoms with Crippen molar-refractivity contribution in [3.8, 4) is 0 Å². The maximum absolute atomic E-state index is 11.3. The molecule has 0 saturated carbocycles. The molecule has 0 heterocycles. The van der Waals surface area contributed by atoms with Crippen LogP contribution in [-0.4, -0.2) is 25.5 Å². The first-order valence-corrected chi connectivity index (χ1v) is 9.41. The summed E-state index contributed by atoms with van der Waals surface area (Å²) < 4.78 is 4.27. The molecule has 0 spiro atoms. The minimum atomic E-state index is -1.27. The standard InChI is InChI=1S/C18H34O7/c1-5-9-11-15(7-3)13-21-24-17(19)23-18(20)25-22-14-16(8-4)12-10-6-2/h15-16H,5-14H2,1-4H3. The summed E-state index contributed by atoms with van der Waals surface area (Å²) in [5.74, 6) is 0.606. The fourth-order valence-electron chi connectivity index (χ4n) is 2.25. The number of rotatable bonds is 14. The van der Waals surface area contributed by atoms with E-state index in [-0.39, 0.29) is 13.2 Å². The third-order valence-electron chi connectivity index (χ3n) is 4.11. The minimum Gasteiger partial charge on any atom is -0.323 e. The lowest BCUT2D eigenvalue weighted by molar-refractivity contribution is -0.278. The van der Waals surface area contributed by atoms with Gasteiger partial charge in [-0.25, -0.2) is 9.59 Å². The number of carbonyl (C=O) groups is 2. The second-order valence-electron chi connectivity index (χ2n) is 6.17. The van der Waals surface area contributed by atoms with Crippen LogP contribution in [0, 0.1) is 11.8 Å². The number of unbranched alkanes of at least 4 members (excludes halogenated alkanes) is 2. The van der Waals surface area contributed by atoms with E-state index in [0.717, 1.165) is 51.4 Å². The first-order chi connectivity index (χ1) is 12.1. The van der Waals surface area contributed by atoms with E-state index < -0.39 is 12.3 Å². The zero-order valence-electron chi connectivity index (χ0n) is 16.1. The van der Waals surface area contributed by atoms with Crippen LogP contribution in [0.15, 0.2) is 0 Å². The molecule has 0 radical (unpaired) electrons. The van der Waals surface area contributed by atoms with Crippen molar-refractivity contribution in [3.05, 3.63) is 0 Å². The van der Waals surface area contributed by atoms with E-state index in [9.17, 15) is 9.59 Å². The summed E-state index contributed by atoms with van der Waals surface area (Å²) in [6.45, 7) is 8.85. The van der Waals surface area contributed by atoms with Crippen molar-refractivity contribution in [1.29, 1.82) is 0 Å². The van der Waals surface area contributed by atoms with E-state index in [1.165, 1.54) is 0 Å². The second-order valence-corrected chi connectivity index (χ2v) is 6.17. The van der Waals surface area contributed by atoms with Crippen molar-refractivity contribution in [2.24, 2.45) is 11.8 Å². The van der Waals surface area contributed by atoms with Gasteiger partial charge >= 0.3 is 12.3 Å². The summed E-state index contributed by atoms with van der Waals surface area (Å²) in [5.41, 5.74) is 0. The van der Waals surface area contributed by atoms with Gasteiger partial charge in [-0.1, -0.05) is 66.2 Å². The highest BCUT2D eigenvalue weighted by molar-refractivity contribution is 5.76. The van der Waals surface area contributed by atoms with Crippen molar-refractivity contribution >= 4 is 12.3 Å². The molecule has 0 amide bonds. The summed E-state index contributed by atoms with van der Waals surface area (Å²) in [7, 11) is 0. The van der Waals surface area contributed by atoms with Gasteiger partial charge < -0.3 is 4.74 Å². The van der Waals surface area contributed by atoms with Crippen LogP contribution >= 0.6 is 0 Å². The summed E-state index contributed by atoms with van der Waals surface area (Å²) >= 11 is 0. The zero-order chi connectivity index (χ0) is 18.9. The molecule has 0 fully saturated rings. The fourth-order valence-corrected chi connectivity index (χ4v) is 2.25. The number of hydrogen-bond acceptors (Lipinski definition) is 7. The van der Waals surface area contributed by atoms with E-state index in [1.54, 1.807) is 0 Å². The Hall–Kier alpha value is -1.34. The molecule has 0 aliphatic rings. The second kappa shape index (κ2) is 16.1. The topological polar surface area (TPSA) is 80.3 Å². The molecule has 0 saturated heterocycles. The largest absolute Gasteiger partial charge is 0.550 e. The molecule has 0 aliphatic heterocycles. The monoisotopic (exact) mass is 362 g/mol. The Labute approximate surface area is 151 Å². The highest BCUT2D eigenvalue weighted by atomic mass is 17.3. The smallest absolute Gasteiger partial charge is 0.323 e. The normalized spacial score (nSPS) is 13.1. The zero-order valence-corrected chi connectivity index (χ0v) is 16.1. The number of carbonyl (C=O) groups excluding carboxylic acids is 2. The van der Waals surface area contributed by atoms with Gasteiger partial charge in [0.1, 0.15) is 0 Å². The SMILES string of the molecule is CCCCC(CC)COOC(=O)OC(=O)OOCC(CC)CCCC. The molecule has 0 aromatic carbocycles. The van der Waals surface area contributed by atoms with Crippen LogP contribution in [0.4, 0.5) is 9.59 Å². The molecule has 0 bridgehead atoms. The van der Waals surface area contributed by atoms with Crippen molar-refractivity contribution in [3.63, 3.8) is 0 Å². The Morgan fingerprint density at radius 2 is 1.12 bits per heavy atom. The highest BCUT2D eigenvalue weighted by Crippen LogP contribution is 2.14. The predicted molar refractivity (Wildman–Crippen MR) is 92.6 cm³/mol. The average molecular weight is 362 g/mol. The molecule has 25 heavy (non-hydrogen) atoms. The Bertz CT molecular complexity index is 314. The molecule has 148 valence electrons. The van der Waals surface area contributed by atoms with E-state index in [4.69, 9.17) is 9.78 Å². The van der Waals surface area contributed by atoms with E-state index in [2.05, 4.69) is 28.4 Å². The lowest BCUT2D eigenvalue weighted by atomic mass is 10.0. The molecule has 0 rings (SSSR count). The van der Waals surface area contributed by atoms with Crippen LogP contribution in [0.5, 0.6) is 0 Å². The molecule has 7 nitrogen and oxygen atoms in total. The van der Waals surface area contributed by atoms with Gasteiger partial charge in [0, 0.05) is 0 Å². The third-order valence-corrected chi connectivity index (χ3v) is 4.11. The van der Waals surface area contributed by atoms with Gasteiger partial charge in [0.2, 0.25) is 0 Å². The Kier molecular flexibility index (Phi) is 15.3. The molecule has 2 unspecified atom stereocenters. The van der Waals surface area contributed by atoms with Crippen LogP contribution in [0.3, 0.4) is 0 Å². The van der Waals surface area contributed by atoms with E-state index >= 15 is 0 Å². The van der Waals surface area contributed by atoms with Crippen molar-refractivity contribution in [2.45, 2.75) is 79.1 Å². The summed E-state index contributed by atoms with van der Waals surface area (Å²) in [5, 5.41) is 0. The quantitative estimate of drug-likeness (QED) is 0.173. The van der Waals surface area contributed by atoms with Gasteiger partial charge in [0.15, 0.2) is 0 Å². The molecule has 0 N–H and O–H groups in total.